The van der Waals surface area contributed by atoms with Gasteiger partial charge in [0.25, 0.3) is 0 Å². The molecule has 1 amide bonds. The lowest BCUT2D eigenvalue weighted by atomic mass is 10.1. The fourth-order valence-electron chi connectivity index (χ4n) is 4.82. The molecule has 2 aromatic heterocycles. The molecule has 9 nitrogen and oxygen atoms in total. The topological polar surface area (TPSA) is 95.5 Å². The number of likely N-dealkylation sites (tertiary alicyclic amines) is 1. The molecule has 1 fully saturated rings. The Morgan fingerprint density at radius 2 is 2.08 bits per heavy atom. The monoisotopic (exact) mass is 543 g/mol. The number of nitrogens with zero attached hydrogens (tertiary/aromatic N) is 5. The van der Waals surface area contributed by atoms with Crippen molar-refractivity contribution in [1.82, 2.24) is 19.9 Å². The SMILES string of the molecule is C=CC(=O)Nc1cc(Nc2ncc3ccnc(-c4cccc(Cl)c4)c3n2)c(OC)cc1N(C)C1CCN(C)C1. The molecule has 2 N–H and O–H groups in total. The van der Waals surface area contributed by atoms with Crippen molar-refractivity contribution in [3.05, 3.63) is 72.5 Å². The standard InChI is InChI=1S/C29H30ClN7O2/c1-5-26(38)33-22-14-23(25(39-4)15-24(22)37(3)21-10-12-36(2)17-21)34-29-32-16-19-9-11-31-27(28(19)35-29)18-7-6-8-20(30)13-18/h5-9,11,13-16,21H,1,10,12,17H2,2-4H3,(H,33,38)(H,32,34,35). The first-order valence-electron chi connectivity index (χ1n) is 12.6. The van der Waals surface area contributed by atoms with E-state index in [-0.39, 0.29) is 5.91 Å². The molecule has 2 aromatic carbocycles. The maximum absolute atomic E-state index is 12.3. The highest BCUT2D eigenvalue weighted by atomic mass is 35.5. The molecule has 4 aromatic rings. The van der Waals surface area contributed by atoms with E-state index in [1.165, 1.54) is 6.08 Å². The number of hydrogen-bond donors (Lipinski definition) is 2. The minimum atomic E-state index is -0.302. The number of pyridine rings is 1. The van der Waals surface area contributed by atoms with Crippen LogP contribution in [-0.4, -0.2) is 66.1 Å². The van der Waals surface area contributed by atoms with E-state index in [2.05, 4.69) is 44.0 Å². The summed E-state index contributed by atoms with van der Waals surface area (Å²) in [6.45, 7) is 5.55. The fraction of sp³-hybridized carbons (Fsp3) is 0.241. The summed E-state index contributed by atoms with van der Waals surface area (Å²) in [5, 5.41) is 7.68. The number of hydrogen-bond acceptors (Lipinski definition) is 8. The highest BCUT2D eigenvalue weighted by molar-refractivity contribution is 6.30. The largest absolute Gasteiger partial charge is 0.494 e. The van der Waals surface area contributed by atoms with Crippen LogP contribution in [0.15, 0.2) is 67.5 Å². The molecule has 0 aliphatic carbocycles. The van der Waals surface area contributed by atoms with Crippen LogP contribution in [0.25, 0.3) is 22.2 Å². The number of nitrogens with one attached hydrogen (secondary N) is 2. The van der Waals surface area contributed by atoms with Gasteiger partial charge in [-0.05, 0) is 50.4 Å². The molecule has 0 spiro atoms. The summed E-state index contributed by atoms with van der Waals surface area (Å²) in [6.07, 6.45) is 5.75. The number of anilines is 4. The predicted molar refractivity (Wildman–Crippen MR) is 157 cm³/mol. The summed E-state index contributed by atoms with van der Waals surface area (Å²) in [7, 11) is 5.75. The zero-order chi connectivity index (χ0) is 27.5. The van der Waals surface area contributed by atoms with E-state index >= 15 is 0 Å². The van der Waals surface area contributed by atoms with Gasteiger partial charge >= 0.3 is 0 Å². The van der Waals surface area contributed by atoms with E-state index in [1.807, 2.05) is 49.5 Å². The van der Waals surface area contributed by atoms with Crippen molar-refractivity contribution >= 4 is 51.4 Å². The van der Waals surface area contributed by atoms with Crippen LogP contribution in [0.4, 0.5) is 23.0 Å². The number of methoxy groups -OCH3 is 1. The molecule has 1 atom stereocenters. The molecule has 0 bridgehead atoms. The molecule has 1 unspecified atom stereocenters. The molecular weight excluding hydrogens is 514 g/mol. The van der Waals surface area contributed by atoms with E-state index in [1.54, 1.807) is 19.5 Å². The van der Waals surface area contributed by atoms with Gasteiger partial charge in [0.2, 0.25) is 11.9 Å². The van der Waals surface area contributed by atoms with Crippen LogP contribution in [0.5, 0.6) is 5.75 Å². The molecule has 0 saturated carbocycles. The first kappa shape index (κ1) is 26.4. The Balaban J connectivity index is 1.54. The van der Waals surface area contributed by atoms with Gasteiger partial charge in [-0.3, -0.25) is 9.78 Å². The van der Waals surface area contributed by atoms with E-state index in [0.29, 0.717) is 45.3 Å². The molecule has 0 radical (unpaired) electrons. The van der Waals surface area contributed by atoms with E-state index in [9.17, 15) is 4.79 Å². The first-order valence-corrected chi connectivity index (χ1v) is 13.0. The van der Waals surface area contributed by atoms with Crippen molar-refractivity contribution < 1.29 is 9.53 Å². The van der Waals surface area contributed by atoms with Crippen LogP contribution >= 0.6 is 11.6 Å². The van der Waals surface area contributed by atoms with E-state index < -0.39 is 0 Å². The third kappa shape index (κ3) is 5.64. The number of rotatable bonds is 8. The van der Waals surface area contributed by atoms with Gasteiger partial charge in [0.1, 0.15) is 11.3 Å². The molecule has 3 heterocycles. The lowest BCUT2D eigenvalue weighted by Gasteiger charge is -2.29. The third-order valence-electron chi connectivity index (χ3n) is 6.90. The third-order valence-corrected chi connectivity index (χ3v) is 7.13. The molecule has 5 rings (SSSR count). The normalized spacial score (nSPS) is 15.2. The number of fused-ring (bicyclic) bond motifs is 1. The number of aromatic nitrogens is 3. The zero-order valence-electron chi connectivity index (χ0n) is 22.1. The maximum atomic E-state index is 12.3. The second kappa shape index (κ2) is 11.3. The lowest BCUT2D eigenvalue weighted by Crippen LogP contribution is -2.34. The summed E-state index contributed by atoms with van der Waals surface area (Å²) in [6, 6.07) is 13.4. The molecule has 1 aliphatic rings. The Hall–Kier alpha value is -4.21. The van der Waals surface area contributed by atoms with Crippen LogP contribution < -0.4 is 20.3 Å². The van der Waals surface area contributed by atoms with Gasteiger partial charge < -0.3 is 25.2 Å². The number of halogens is 1. The quantitative estimate of drug-likeness (QED) is 0.287. The zero-order valence-corrected chi connectivity index (χ0v) is 22.9. The average Bonchev–Trinajstić information content (AvgIpc) is 3.38. The molecule has 39 heavy (non-hydrogen) atoms. The highest BCUT2D eigenvalue weighted by Gasteiger charge is 2.26. The summed E-state index contributed by atoms with van der Waals surface area (Å²) in [4.78, 5) is 30.7. The van der Waals surface area contributed by atoms with Gasteiger partial charge in [-0.1, -0.05) is 30.3 Å². The van der Waals surface area contributed by atoms with Gasteiger partial charge in [0.15, 0.2) is 0 Å². The number of ether oxygens (including phenoxy) is 1. The van der Waals surface area contributed by atoms with Crippen LogP contribution in [0.2, 0.25) is 5.02 Å². The van der Waals surface area contributed by atoms with Crippen LogP contribution in [0.1, 0.15) is 6.42 Å². The predicted octanol–water partition coefficient (Wildman–Crippen LogP) is 5.36. The minimum absolute atomic E-state index is 0.302. The molecule has 1 aliphatic heterocycles. The van der Waals surface area contributed by atoms with Gasteiger partial charge in [-0.25, -0.2) is 9.97 Å². The Morgan fingerprint density at radius 3 is 2.79 bits per heavy atom. The minimum Gasteiger partial charge on any atom is -0.494 e. The van der Waals surface area contributed by atoms with Crippen molar-refractivity contribution in [2.45, 2.75) is 12.5 Å². The van der Waals surface area contributed by atoms with Crippen LogP contribution in [0, 0.1) is 0 Å². The van der Waals surface area contributed by atoms with Crippen molar-refractivity contribution in [3.63, 3.8) is 0 Å². The second-order valence-electron chi connectivity index (χ2n) is 9.51. The van der Waals surface area contributed by atoms with Gasteiger partial charge in [0.05, 0.1) is 29.9 Å². The summed E-state index contributed by atoms with van der Waals surface area (Å²) >= 11 is 6.23. The van der Waals surface area contributed by atoms with Crippen molar-refractivity contribution in [1.29, 1.82) is 0 Å². The lowest BCUT2D eigenvalue weighted by molar-refractivity contribution is -0.111. The van der Waals surface area contributed by atoms with Gasteiger partial charge in [-0.15, -0.1) is 0 Å². The van der Waals surface area contributed by atoms with Crippen molar-refractivity contribution in [2.75, 3.05) is 49.8 Å². The number of carbonyl (C=O) groups excluding carboxylic acids is 1. The second-order valence-corrected chi connectivity index (χ2v) is 9.94. The number of benzene rings is 2. The van der Waals surface area contributed by atoms with Crippen LogP contribution in [0.3, 0.4) is 0 Å². The Labute approximate surface area is 232 Å². The Morgan fingerprint density at radius 1 is 1.23 bits per heavy atom. The molecule has 200 valence electrons. The molecule has 1 saturated heterocycles. The summed E-state index contributed by atoms with van der Waals surface area (Å²) < 4.78 is 5.76. The average molecular weight is 544 g/mol. The van der Waals surface area contributed by atoms with Crippen molar-refractivity contribution in [3.8, 4) is 17.0 Å². The smallest absolute Gasteiger partial charge is 0.247 e. The summed E-state index contributed by atoms with van der Waals surface area (Å²) in [5.41, 5.74) is 4.31. The number of carbonyl (C=O) groups is 1. The summed E-state index contributed by atoms with van der Waals surface area (Å²) in [5.74, 6) is 0.643. The Bertz CT molecular complexity index is 1540. The van der Waals surface area contributed by atoms with Crippen LogP contribution in [-0.2, 0) is 4.79 Å². The Kier molecular flexibility index (Phi) is 7.63. The number of amides is 1. The van der Waals surface area contributed by atoms with Gasteiger partial charge in [0, 0.05) is 54.1 Å². The fourth-order valence-corrected chi connectivity index (χ4v) is 5.01. The van der Waals surface area contributed by atoms with E-state index in [4.69, 9.17) is 21.3 Å². The highest BCUT2D eigenvalue weighted by Crippen LogP contribution is 2.39. The molecule has 10 heteroatoms. The molecular formula is C29H30ClN7O2. The van der Waals surface area contributed by atoms with Crippen molar-refractivity contribution in [2.24, 2.45) is 0 Å². The first-order chi connectivity index (χ1) is 18.9. The number of likely N-dealkylation sites (N-methyl/N-ethyl adjacent to an activating group) is 2. The maximum Gasteiger partial charge on any atom is 0.247 e. The van der Waals surface area contributed by atoms with Gasteiger partial charge in [-0.2, -0.15) is 0 Å². The van der Waals surface area contributed by atoms with E-state index in [0.717, 1.165) is 36.1 Å².